The molecule has 0 atom stereocenters. The smallest absolute Gasteiger partial charge is 0.0265 e. The maximum atomic E-state index is 5.13. The summed E-state index contributed by atoms with van der Waals surface area (Å²) >= 11 is 0. The Bertz CT molecular complexity index is 50.9. The van der Waals surface area contributed by atoms with Gasteiger partial charge in [-0.25, -0.2) is 0 Å². The molecule has 0 rings (SSSR count). The van der Waals surface area contributed by atoms with Gasteiger partial charge < -0.3 is 16.8 Å². The molecule has 0 aromatic heterocycles. The second kappa shape index (κ2) is 5.30. The fourth-order valence-electron chi connectivity index (χ4n) is 0.235. The molecule has 0 aromatic rings. The summed E-state index contributed by atoms with van der Waals surface area (Å²) in [6, 6.07) is 0. The van der Waals surface area contributed by atoms with E-state index in [1.165, 1.54) is 6.20 Å². The minimum atomic E-state index is 0.643. The van der Waals surface area contributed by atoms with Crippen molar-refractivity contribution >= 4 is 0 Å². The third-order valence-corrected chi connectivity index (χ3v) is 0.503. The van der Waals surface area contributed by atoms with Crippen molar-refractivity contribution < 1.29 is 0 Å². The second-order valence-corrected chi connectivity index (χ2v) is 1.10. The van der Waals surface area contributed by atoms with Gasteiger partial charge in [0.05, 0.1) is 0 Å². The molecular formula is C4H11N3. The first-order chi connectivity index (χ1) is 3.41. The Morgan fingerprint density at radius 2 is 2.29 bits per heavy atom. The summed E-state index contributed by atoms with van der Waals surface area (Å²) < 4.78 is 0. The predicted molar refractivity (Wildman–Crippen MR) is 30.4 cm³/mol. The molecule has 0 heterocycles. The van der Waals surface area contributed by atoms with Crippen LogP contribution in [0.4, 0.5) is 0 Å². The van der Waals surface area contributed by atoms with E-state index in [0.29, 0.717) is 6.54 Å². The fourth-order valence-corrected chi connectivity index (χ4v) is 0.235. The maximum Gasteiger partial charge on any atom is 0.0265 e. The topological polar surface area (TPSA) is 64.1 Å². The van der Waals surface area contributed by atoms with Gasteiger partial charge in [-0.15, -0.1) is 0 Å². The average Bonchev–Trinajstić information content (AvgIpc) is 1.69. The molecule has 7 heavy (non-hydrogen) atoms. The maximum absolute atomic E-state index is 5.13. The average molecular weight is 101 g/mol. The van der Waals surface area contributed by atoms with Gasteiger partial charge in [0.15, 0.2) is 0 Å². The van der Waals surface area contributed by atoms with Crippen LogP contribution in [-0.2, 0) is 0 Å². The molecule has 0 aliphatic rings. The quantitative estimate of drug-likeness (QED) is 0.398. The Morgan fingerprint density at radius 3 is 2.71 bits per heavy atom. The molecule has 0 amide bonds. The summed E-state index contributed by atoms with van der Waals surface area (Å²) in [6.45, 7) is 1.43. The van der Waals surface area contributed by atoms with Gasteiger partial charge >= 0.3 is 0 Å². The highest BCUT2D eigenvalue weighted by Crippen LogP contribution is 1.52. The summed E-state index contributed by atoms with van der Waals surface area (Å²) in [5, 5.41) is 2.85. The zero-order chi connectivity index (χ0) is 5.54. The molecule has 0 aromatic carbocycles. The first-order valence-corrected chi connectivity index (χ1v) is 2.22. The van der Waals surface area contributed by atoms with Crippen LogP contribution >= 0.6 is 0 Å². The number of rotatable bonds is 3. The highest BCUT2D eigenvalue weighted by atomic mass is 14.9. The first kappa shape index (κ1) is 6.30. The lowest BCUT2D eigenvalue weighted by Crippen LogP contribution is -2.17. The molecule has 0 unspecified atom stereocenters. The summed E-state index contributed by atoms with van der Waals surface area (Å²) in [5.74, 6) is 0. The normalized spacial score (nSPS) is 9.86. The molecule has 5 N–H and O–H groups in total. The van der Waals surface area contributed by atoms with Crippen LogP contribution < -0.4 is 16.8 Å². The molecule has 3 heteroatoms. The molecular weight excluding hydrogens is 90.1 g/mol. The van der Waals surface area contributed by atoms with Gasteiger partial charge in [-0.2, -0.15) is 0 Å². The van der Waals surface area contributed by atoms with E-state index in [1.807, 2.05) is 0 Å². The molecule has 0 saturated carbocycles. The third-order valence-electron chi connectivity index (χ3n) is 0.503. The monoisotopic (exact) mass is 101 g/mol. The highest BCUT2D eigenvalue weighted by molar-refractivity contribution is 4.71. The molecule has 42 valence electrons. The molecule has 0 spiro atoms. The van der Waals surface area contributed by atoms with Crippen molar-refractivity contribution in [2.75, 3.05) is 13.1 Å². The lowest BCUT2D eigenvalue weighted by molar-refractivity contribution is 0.840. The van der Waals surface area contributed by atoms with E-state index in [2.05, 4.69) is 5.32 Å². The van der Waals surface area contributed by atoms with Crippen LogP contribution in [0.25, 0.3) is 0 Å². The Labute approximate surface area is 43.4 Å². The fraction of sp³-hybridized carbons (Fsp3) is 0.500. The van der Waals surface area contributed by atoms with Crippen LogP contribution in [0.5, 0.6) is 0 Å². The van der Waals surface area contributed by atoms with Crippen LogP contribution in [0, 0.1) is 0 Å². The van der Waals surface area contributed by atoms with Crippen LogP contribution in [0.2, 0.25) is 0 Å². The lowest BCUT2D eigenvalue weighted by Gasteiger charge is -1.91. The SMILES string of the molecule is NC=CNCCN. The zero-order valence-corrected chi connectivity index (χ0v) is 4.22. The highest BCUT2D eigenvalue weighted by Gasteiger charge is 1.68. The van der Waals surface area contributed by atoms with E-state index in [1.54, 1.807) is 6.20 Å². The van der Waals surface area contributed by atoms with E-state index >= 15 is 0 Å². The number of nitrogens with two attached hydrogens (primary N) is 2. The summed E-state index contributed by atoms with van der Waals surface area (Å²) in [5.41, 5.74) is 10.1. The van der Waals surface area contributed by atoms with E-state index in [4.69, 9.17) is 11.5 Å². The van der Waals surface area contributed by atoms with Crippen molar-refractivity contribution in [3.05, 3.63) is 12.4 Å². The Balaban J connectivity index is 2.69. The minimum Gasteiger partial charge on any atom is -0.403 e. The Hall–Kier alpha value is -0.700. The van der Waals surface area contributed by atoms with Crippen LogP contribution in [-0.4, -0.2) is 13.1 Å². The minimum absolute atomic E-state index is 0.643. The Morgan fingerprint density at radius 1 is 1.57 bits per heavy atom. The predicted octanol–water partition coefficient (Wildman–Crippen LogP) is -1.04. The van der Waals surface area contributed by atoms with E-state index in [9.17, 15) is 0 Å². The molecule has 0 fully saturated rings. The molecule has 0 radical (unpaired) electrons. The standard InChI is InChI=1S/C4H11N3/c5-1-3-7-4-2-6/h1,3,7H,2,4-6H2. The van der Waals surface area contributed by atoms with Crippen molar-refractivity contribution in [3.8, 4) is 0 Å². The number of hydrogen-bond acceptors (Lipinski definition) is 3. The van der Waals surface area contributed by atoms with Gasteiger partial charge in [0, 0.05) is 25.5 Å². The zero-order valence-electron chi connectivity index (χ0n) is 4.22. The molecule has 0 saturated heterocycles. The largest absolute Gasteiger partial charge is 0.403 e. The van der Waals surface area contributed by atoms with Crippen molar-refractivity contribution in [3.63, 3.8) is 0 Å². The Kier molecular flexibility index (Phi) is 4.77. The summed E-state index contributed by atoms with van der Waals surface area (Å²) in [7, 11) is 0. The molecule has 0 aliphatic carbocycles. The number of nitrogens with one attached hydrogen (secondary N) is 1. The molecule has 3 nitrogen and oxygen atoms in total. The third kappa shape index (κ3) is 5.30. The van der Waals surface area contributed by atoms with Crippen LogP contribution in [0.15, 0.2) is 12.4 Å². The van der Waals surface area contributed by atoms with Gasteiger partial charge in [-0.3, -0.25) is 0 Å². The second-order valence-electron chi connectivity index (χ2n) is 1.10. The van der Waals surface area contributed by atoms with E-state index < -0.39 is 0 Å². The first-order valence-electron chi connectivity index (χ1n) is 2.22. The van der Waals surface area contributed by atoms with Gasteiger partial charge in [-0.1, -0.05) is 0 Å². The molecule has 0 aliphatic heterocycles. The van der Waals surface area contributed by atoms with Crippen molar-refractivity contribution in [2.24, 2.45) is 11.5 Å². The number of hydrogen-bond donors (Lipinski definition) is 3. The van der Waals surface area contributed by atoms with Gasteiger partial charge in [0.2, 0.25) is 0 Å². The van der Waals surface area contributed by atoms with Crippen molar-refractivity contribution in [2.45, 2.75) is 0 Å². The van der Waals surface area contributed by atoms with Crippen LogP contribution in [0.1, 0.15) is 0 Å². The molecule has 0 bridgehead atoms. The van der Waals surface area contributed by atoms with E-state index in [-0.39, 0.29) is 0 Å². The summed E-state index contributed by atoms with van der Waals surface area (Å²) in [4.78, 5) is 0. The lowest BCUT2D eigenvalue weighted by atomic mass is 10.6. The van der Waals surface area contributed by atoms with E-state index in [0.717, 1.165) is 6.54 Å². The van der Waals surface area contributed by atoms with Gasteiger partial charge in [-0.05, 0) is 0 Å². The van der Waals surface area contributed by atoms with Gasteiger partial charge in [0.1, 0.15) is 0 Å². The van der Waals surface area contributed by atoms with Crippen molar-refractivity contribution in [1.82, 2.24) is 5.32 Å². The summed E-state index contributed by atoms with van der Waals surface area (Å²) in [6.07, 6.45) is 3.10. The van der Waals surface area contributed by atoms with Crippen LogP contribution in [0.3, 0.4) is 0 Å². The van der Waals surface area contributed by atoms with Gasteiger partial charge in [0.25, 0.3) is 0 Å². The van der Waals surface area contributed by atoms with Crippen molar-refractivity contribution in [1.29, 1.82) is 0 Å².